The summed E-state index contributed by atoms with van der Waals surface area (Å²) < 4.78 is 5.08. The molecule has 5 heteroatoms. The Bertz CT molecular complexity index is 379. The summed E-state index contributed by atoms with van der Waals surface area (Å²) in [6.45, 7) is 2.51. The first-order valence-corrected chi connectivity index (χ1v) is 6.44. The summed E-state index contributed by atoms with van der Waals surface area (Å²) in [7, 11) is 1.63. The Kier molecular flexibility index (Phi) is 6.74. The number of aliphatic hydroxyl groups is 1. The van der Waals surface area contributed by atoms with Crippen molar-refractivity contribution in [2.24, 2.45) is 0 Å². The summed E-state index contributed by atoms with van der Waals surface area (Å²) in [4.78, 5) is 11.5. The Balaban J connectivity index is 2.23. The summed E-state index contributed by atoms with van der Waals surface area (Å²) in [6.07, 6.45) is 1.33. The van der Waals surface area contributed by atoms with Crippen LogP contribution >= 0.6 is 0 Å². The van der Waals surface area contributed by atoms with E-state index in [0.717, 1.165) is 17.7 Å². The molecule has 0 unspecified atom stereocenters. The fourth-order valence-corrected chi connectivity index (χ4v) is 1.65. The number of carbonyl (C=O) groups excluding carboxylic acids is 1. The molecule has 0 aliphatic carbocycles. The highest BCUT2D eigenvalue weighted by Gasteiger charge is 2.05. The number of urea groups is 1. The van der Waals surface area contributed by atoms with Gasteiger partial charge >= 0.3 is 6.03 Å². The lowest BCUT2D eigenvalue weighted by Gasteiger charge is -2.13. The monoisotopic (exact) mass is 266 g/mol. The highest BCUT2D eigenvalue weighted by molar-refractivity contribution is 5.74. The molecule has 1 aromatic carbocycles. The first kappa shape index (κ1) is 15.3. The van der Waals surface area contributed by atoms with Crippen LogP contribution in [0.15, 0.2) is 24.3 Å². The van der Waals surface area contributed by atoms with Crippen LogP contribution in [0, 0.1) is 0 Å². The fourth-order valence-electron chi connectivity index (χ4n) is 1.65. The van der Waals surface area contributed by atoms with Gasteiger partial charge in [0.2, 0.25) is 0 Å². The Morgan fingerprint density at radius 3 is 2.63 bits per heavy atom. The van der Waals surface area contributed by atoms with Crippen LogP contribution in [-0.4, -0.2) is 37.4 Å². The van der Waals surface area contributed by atoms with E-state index in [1.54, 1.807) is 7.11 Å². The van der Waals surface area contributed by atoms with Gasteiger partial charge in [-0.15, -0.1) is 0 Å². The van der Waals surface area contributed by atoms with Gasteiger partial charge in [0.1, 0.15) is 5.75 Å². The molecule has 0 aliphatic rings. The second-order valence-corrected chi connectivity index (χ2v) is 4.41. The predicted molar refractivity (Wildman–Crippen MR) is 74.4 cm³/mol. The molecule has 2 amide bonds. The normalized spacial score (nSPS) is 11.7. The van der Waals surface area contributed by atoms with Crippen LogP contribution in [0.4, 0.5) is 4.79 Å². The first-order valence-electron chi connectivity index (χ1n) is 6.44. The molecule has 106 valence electrons. The number of ether oxygens (including phenoxy) is 1. The van der Waals surface area contributed by atoms with Gasteiger partial charge in [0.15, 0.2) is 0 Å². The molecule has 0 saturated carbocycles. The topological polar surface area (TPSA) is 70.6 Å². The van der Waals surface area contributed by atoms with Crippen molar-refractivity contribution in [1.82, 2.24) is 10.6 Å². The molecule has 1 atom stereocenters. The predicted octanol–water partition coefficient (Wildman–Crippen LogP) is 1.31. The standard InChI is InChI=1S/C14H22N2O3/c1-11(8-10-17)16-14(18)15-9-7-12-3-5-13(19-2)6-4-12/h3-6,11,17H,7-10H2,1-2H3,(H2,15,16,18)/t11-/m1/s1. The number of hydrogen-bond acceptors (Lipinski definition) is 3. The Labute approximate surface area is 114 Å². The molecule has 0 spiro atoms. The average Bonchev–Trinajstić information content (AvgIpc) is 2.39. The largest absolute Gasteiger partial charge is 0.497 e. The van der Waals surface area contributed by atoms with E-state index in [0.29, 0.717) is 13.0 Å². The van der Waals surface area contributed by atoms with E-state index in [2.05, 4.69) is 10.6 Å². The number of carbonyl (C=O) groups is 1. The third-order valence-corrected chi connectivity index (χ3v) is 2.80. The van der Waals surface area contributed by atoms with E-state index in [4.69, 9.17) is 9.84 Å². The molecule has 5 nitrogen and oxygen atoms in total. The average molecular weight is 266 g/mol. The lowest BCUT2D eigenvalue weighted by molar-refractivity contribution is 0.231. The van der Waals surface area contributed by atoms with Gasteiger partial charge in [0.25, 0.3) is 0 Å². The summed E-state index contributed by atoms with van der Waals surface area (Å²) >= 11 is 0. The Morgan fingerprint density at radius 2 is 2.05 bits per heavy atom. The maximum atomic E-state index is 11.5. The number of nitrogens with one attached hydrogen (secondary N) is 2. The minimum atomic E-state index is -0.200. The zero-order chi connectivity index (χ0) is 14.1. The number of aliphatic hydroxyl groups excluding tert-OH is 1. The van der Waals surface area contributed by atoms with E-state index in [9.17, 15) is 4.79 Å². The third-order valence-electron chi connectivity index (χ3n) is 2.80. The lowest BCUT2D eigenvalue weighted by Crippen LogP contribution is -2.41. The number of amides is 2. The van der Waals surface area contributed by atoms with Gasteiger partial charge in [-0.1, -0.05) is 12.1 Å². The van der Waals surface area contributed by atoms with Crippen LogP contribution < -0.4 is 15.4 Å². The van der Waals surface area contributed by atoms with Crippen LogP contribution in [0.2, 0.25) is 0 Å². The molecule has 0 bridgehead atoms. The van der Waals surface area contributed by atoms with Gasteiger partial charge in [-0.3, -0.25) is 0 Å². The second kappa shape index (κ2) is 8.37. The van der Waals surface area contributed by atoms with Gasteiger partial charge in [-0.25, -0.2) is 4.79 Å². The molecule has 3 N–H and O–H groups in total. The molecule has 19 heavy (non-hydrogen) atoms. The van der Waals surface area contributed by atoms with E-state index in [1.165, 1.54) is 0 Å². The Hall–Kier alpha value is -1.75. The molecule has 1 aromatic rings. The van der Waals surface area contributed by atoms with Crippen molar-refractivity contribution in [2.45, 2.75) is 25.8 Å². The van der Waals surface area contributed by atoms with Crippen LogP contribution in [0.3, 0.4) is 0 Å². The molecule has 0 fully saturated rings. The number of methoxy groups -OCH3 is 1. The maximum absolute atomic E-state index is 11.5. The van der Waals surface area contributed by atoms with Crippen molar-refractivity contribution in [3.63, 3.8) is 0 Å². The zero-order valence-electron chi connectivity index (χ0n) is 11.5. The van der Waals surface area contributed by atoms with Crippen LogP contribution in [0.1, 0.15) is 18.9 Å². The summed E-state index contributed by atoms with van der Waals surface area (Å²) in [5.74, 6) is 0.826. The molecule has 0 aliphatic heterocycles. The van der Waals surface area contributed by atoms with Gasteiger partial charge in [0.05, 0.1) is 7.11 Å². The number of rotatable bonds is 7. The van der Waals surface area contributed by atoms with Crippen molar-refractivity contribution in [1.29, 1.82) is 0 Å². The molecule has 0 heterocycles. The second-order valence-electron chi connectivity index (χ2n) is 4.41. The minimum Gasteiger partial charge on any atom is -0.497 e. The van der Waals surface area contributed by atoms with Crippen LogP contribution in [0.25, 0.3) is 0 Å². The first-order chi connectivity index (χ1) is 9.15. The number of hydrogen-bond donors (Lipinski definition) is 3. The van der Waals surface area contributed by atoms with Gasteiger partial charge in [-0.05, 0) is 37.5 Å². The van der Waals surface area contributed by atoms with E-state index >= 15 is 0 Å². The molecular formula is C14H22N2O3. The van der Waals surface area contributed by atoms with Crippen LogP contribution in [0.5, 0.6) is 5.75 Å². The molecule has 0 radical (unpaired) electrons. The Morgan fingerprint density at radius 1 is 1.37 bits per heavy atom. The fraction of sp³-hybridized carbons (Fsp3) is 0.500. The van der Waals surface area contributed by atoms with E-state index < -0.39 is 0 Å². The maximum Gasteiger partial charge on any atom is 0.315 e. The highest BCUT2D eigenvalue weighted by Crippen LogP contribution is 2.11. The summed E-state index contributed by atoms with van der Waals surface area (Å²) in [6, 6.07) is 7.54. The van der Waals surface area contributed by atoms with E-state index in [1.807, 2.05) is 31.2 Å². The van der Waals surface area contributed by atoms with Gasteiger partial charge < -0.3 is 20.5 Å². The van der Waals surface area contributed by atoms with Crippen molar-refractivity contribution in [2.75, 3.05) is 20.3 Å². The highest BCUT2D eigenvalue weighted by atomic mass is 16.5. The molecule has 1 rings (SSSR count). The number of benzene rings is 1. The summed E-state index contributed by atoms with van der Waals surface area (Å²) in [5.41, 5.74) is 1.14. The van der Waals surface area contributed by atoms with Crippen molar-refractivity contribution in [3.8, 4) is 5.75 Å². The summed E-state index contributed by atoms with van der Waals surface area (Å²) in [5, 5.41) is 14.3. The quantitative estimate of drug-likeness (QED) is 0.697. The van der Waals surface area contributed by atoms with Crippen molar-refractivity contribution >= 4 is 6.03 Å². The SMILES string of the molecule is COc1ccc(CCNC(=O)N[C@H](C)CCO)cc1. The van der Waals surface area contributed by atoms with Crippen molar-refractivity contribution in [3.05, 3.63) is 29.8 Å². The molecular weight excluding hydrogens is 244 g/mol. The smallest absolute Gasteiger partial charge is 0.315 e. The van der Waals surface area contributed by atoms with E-state index in [-0.39, 0.29) is 18.7 Å². The van der Waals surface area contributed by atoms with Gasteiger partial charge in [-0.2, -0.15) is 0 Å². The van der Waals surface area contributed by atoms with Crippen molar-refractivity contribution < 1.29 is 14.6 Å². The lowest BCUT2D eigenvalue weighted by atomic mass is 10.1. The zero-order valence-corrected chi connectivity index (χ0v) is 11.5. The van der Waals surface area contributed by atoms with Crippen LogP contribution in [-0.2, 0) is 6.42 Å². The third kappa shape index (κ3) is 6.10. The van der Waals surface area contributed by atoms with Gasteiger partial charge in [0, 0.05) is 19.2 Å². The minimum absolute atomic E-state index is 0.0222. The molecule has 0 saturated heterocycles. The molecule has 0 aromatic heterocycles.